The second kappa shape index (κ2) is 9.18. The quantitative estimate of drug-likeness (QED) is 0.357. The lowest BCUT2D eigenvalue weighted by molar-refractivity contribution is -0.0126. The van der Waals surface area contributed by atoms with Gasteiger partial charge in [0.2, 0.25) is 0 Å². The van der Waals surface area contributed by atoms with Crippen molar-refractivity contribution in [3.8, 4) is 11.5 Å². The Labute approximate surface area is 185 Å². The number of hydrogen-bond acceptors (Lipinski definition) is 6. The van der Waals surface area contributed by atoms with Crippen molar-refractivity contribution < 1.29 is 28.9 Å². The van der Waals surface area contributed by atoms with Crippen molar-refractivity contribution >= 4 is 27.9 Å². The zero-order valence-corrected chi connectivity index (χ0v) is 20.2. The third-order valence-electron chi connectivity index (χ3n) is 5.67. The Hall–Kier alpha value is -2.38. The SMILES string of the molecule is COCOC(=O)c1c(C)c(C)c(OC(=O)c2c(C)c(C)c(O)c(Br)c2C)c(C)c1C. The molecule has 1 N–H and O–H groups in total. The van der Waals surface area contributed by atoms with E-state index < -0.39 is 11.9 Å². The van der Waals surface area contributed by atoms with Crippen LogP contribution in [-0.4, -0.2) is 30.9 Å². The molecule has 2 aromatic rings. The van der Waals surface area contributed by atoms with Gasteiger partial charge in [0.25, 0.3) is 0 Å². The van der Waals surface area contributed by atoms with Crippen LogP contribution in [0.3, 0.4) is 0 Å². The lowest BCUT2D eigenvalue weighted by atomic mass is 9.92. The van der Waals surface area contributed by atoms with E-state index in [9.17, 15) is 14.7 Å². The summed E-state index contributed by atoms with van der Waals surface area (Å²) in [5.41, 5.74) is 5.42. The predicted molar refractivity (Wildman–Crippen MR) is 118 cm³/mol. The van der Waals surface area contributed by atoms with Gasteiger partial charge in [0.1, 0.15) is 11.5 Å². The Morgan fingerprint density at radius 3 is 1.73 bits per heavy atom. The number of benzene rings is 2. The van der Waals surface area contributed by atoms with Gasteiger partial charge in [-0.1, -0.05) is 0 Å². The Morgan fingerprint density at radius 2 is 1.23 bits per heavy atom. The van der Waals surface area contributed by atoms with E-state index in [-0.39, 0.29) is 12.5 Å². The highest BCUT2D eigenvalue weighted by atomic mass is 79.9. The van der Waals surface area contributed by atoms with E-state index in [0.717, 1.165) is 0 Å². The van der Waals surface area contributed by atoms with Crippen molar-refractivity contribution in [2.24, 2.45) is 0 Å². The Kier molecular flexibility index (Phi) is 7.31. The molecule has 0 aliphatic carbocycles. The monoisotopic (exact) mass is 478 g/mol. The maximum absolute atomic E-state index is 13.1. The number of esters is 2. The molecule has 0 spiro atoms. The summed E-state index contributed by atoms with van der Waals surface area (Å²) in [7, 11) is 1.44. The molecule has 162 valence electrons. The molecule has 0 atom stereocenters. The summed E-state index contributed by atoms with van der Waals surface area (Å²) >= 11 is 3.35. The molecule has 2 aromatic carbocycles. The molecule has 0 heterocycles. The largest absolute Gasteiger partial charge is 0.506 e. The van der Waals surface area contributed by atoms with E-state index in [4.69, 9.17) is 14.2 Å². The number of aromatic hydroxyl groups is 1. The Morgan fingerprint density at radius 1 is 0.767 bits per heavy atom. The van der Waals surface area contributed by atoms with Crippen LogP contribution in [0.5, 0.6) is 11.5 Å². The van der Waals surface area contributed by atoms with Crippen LogP contribution in [0.1, 0.15) is 59.7 Å². The smallest absolute Gasteiger partial charge is 0.344 e. The molecule has 0 bridgehead atoms. The average Bonchev–Trinajstić information content (AvgIpc) is 2.71. The number of hydrogen-bond donors (Lipinski definition) is 1. The fourth-order valence-corrected chi connectivity index (χ4v) is 3.97. The van der Waals surface area contributed by atoms with Gasteiger partial charge >= 0.3 is 11.9 Å². The molecule has 0 aliphatic rings. The van der Waals surface area contributed by atoms with Crippen LogP contribution < -0.4 is 4.74 Å². The van der Waals surface area contributed by atoms with Gasteiger partial charge in [0.05, 0.1) is 15.6 Å². The lowest BCUT2D eigenvalue weighted by Gasteiger charge is -2.20. The highest BCUT2D eigenvalue weighted by molar-refractivity contribution is 9.10. The molecule has 6 nitrogen and oxygen atoms in total. The third-order valence-corrected chi connectivity index (χ3v) is 6.64. The number of methoxy groups -OCH3 is 1. The first-order chi connectivity index (χ1) is 13.9. The maximum Gasteiger partial charge on any atom is 0.344 e. The highest BCUT2D eigenvalue weighted by Gasteiger charge is 2.26. The van der Waals surface area contributed by atoms with E-state index in [1.807, 2.05) is 0 Å². The standard InChI is InChI=1S/C23H27BrO6/c1-10-13(4)20(25)19(24)16(7)18(10)23(27)30-21-14(5)11(2)17(12(3)15(21)6)22(26)29-9-28-8/h25H,9H2,1-8H3. The number of ether oxygens (including phenoxy) is 3. The fraction of sp³-hybridized carbons (Fsp3) is 0.391. The van der Waals surface area contributed by atoms with Gasteiger partial charge in [-0.3, -0.25) is 0 Å². The molecule has 0 unspecified atom stereocenters. The number of phenols is 1. The van der Waals surface area contributed by atoms with E-state index in [1.165, 1.54) is 7.11 Å². The van der Waals surface area contributed by atoms with Crippen molar-refractivity contribution in [2.75, 3.05) is 13.9 Å². The maximum atomic E-state index is 13.1. The second-order valence-electron chi connectivity index (χ2n) is 7.34. The predicted octanol–water partition coefficient (Wildman–Crippen LogP) is 5.29. The fourth-order valence-electron chi connectivity index (χ4n) is 3.47. The van der Waals surface area contributed by atoms with Crippen molar-refractivity contribution in [1.29, 1.82) is 0 Å². The number of halogens is 1. The molecule has 0 radical (unpaired) electrons. The molecule has 0 aliphatic heterocycles. The normalized spacial score (nSPS) is 10.8. The summed E-state index contributed by atoms with van der Waals surface area (Å²) in [6.45, 7) is 12.3. The van der Waals surface area contributed by atoms with Crippen molar-refractivity contribution in [2.45, 2.75) is 48.5 Å². The van der Waals surface area contributed by atoms with Gasteiger partial charge in [-0.05, 0) is 103 Å². The van der Waals surface area contributed by atoms with Gasteiger partial charge in [0.15, 0.2) is 6.79 Å². The van der Waals surface area contributed by atoms with Crippen LogP contribution in [0.25, 0.3) is 0 Å². The summed E-state index contributed by atoms with van der Waals surface area (Å²) in [6, 6.07) is 0. The van der Waals surface area contributed by atoms with Crippen molar-refractivity contribution in [3.05, 3.63) is 54.5 Å². The minimum atomic E-state index is -0.520. The van der Waals surface area contributed by atoms with Crippen LogP contribution in [0.2, 0.25) is 0 Å². The number of phenolic OH excluding ortho intramolecular Hbond substituents is 1. The molecule has 7 heteroatoms. The zero-order valence-electron chi connectivity index (χ0n) is 18.6. The lowest BCUT2D eigenvalue weighted by Crippen LogP contribution is -2.18. The minimum absolute atomic E-state index is 0.111. The van der Waals surface area contributed by atoms with Crippen molar-refractivity contribution in [1.82, 2.24) is 0 Å². The molecule has 0 saturated heterocycles. The highest BCUT2D eigenvalue weighted by Crippen LogP contribution is 2.38. The van der Waals surface area contributed by atoms with Crippen molar-refractivity contribution in [3.63, 3.8) is 0 Å². The van der Waals surface area contributed by atoms with Gasteiger partial charge in [0, 0.05) is 7.11 Å². The summed E-state index contributed by atoms with van der Waals surface area (Å²) in [5, 5.41) is 10.2. The minimum Gasteiger partial charge on any atom is -0.506 e. The molecule has 2 rings (SSSR count). The number of carbonyl (C=O) groups is 2. The van der Waals surface area contributed by atoms with E-state index in [1.54, 1.807) is 48.5 Å². The number of carbonyl (C=O) groups excluding carboxylic acids is 2. The molecule has 0 fully saturated rings. The molecule has 0 aromatic heterocycles. The topological polar surface area (TPSA) is 82.1 Å². The Bertz CT molecular complexity index is 981. The first-order valence-corrected chi connectivity index (χ1v) is 10.2. The van der Waals surface area contributed by atoms with Crippen LogP contribution in [0.4, 0.5) is 0 Å². The second-order valence-corrected chi connectivity index (χ2v) is 8.14. The first kappa shape index (κ1) is 23.9. The van der Waals surface area contributed by atoms with Crippen LogP contribution in [-0.2, 0) is 9.47 Å². The molecule has 0 amide bonds. The van der Waals surface area contributed by atoms with Crippen LogP contribution in [0, 0.1) is 48.5 Å². The zero-order chi connectivity index (χ0) is 22.9. The van der Waals surface area contributed by atoms with Crippen LogP contribution >= 0.6 is 15.9 Å². The summed E-state index contributed by atoms with van der Waals surface area (Å²) < 4.78 is 16.2. The van der Waals surface area contributed by atoms with E-state index in [0.29, 0.717) is 60.3 Å². The third kappa shape index (κ3) is 4.09. The molecular formula is C23H27BrO6. The van der Waals surface area contributed by atoms with E-state index in [2.05, 4.69) is 15.9 Å². The van der Waals surface area contributed by atoms with Gasteiger partial charge in [-0.2, -0.15) is 0 Å². The van der Waals surface area contributed by atoms with Crippen LogP contribution in [0.15, 0.2) is 4.47 Å². The average molecular weight is 479 g/mol. The van der Waals surface area contributed by atoms with Gasteiger partial charge in [-0.25, -0.2) is 9.59 Å². The summed E-state index contributed by atoms with van der Waals surface area (Å²) in [6.07, 6.45) is 0. The first-order valence-electron chi connectivity index (χ1n) is 9.42. The molecule has 30 heavy (non-hydrogen) atoms. The van der Waals surface area contributed by atoms with Gasteiger partial charge < -0.3 is 19.3 Å². The Balaban J connectivity index is 2.56. The molecular weight excluding hydrogens is 452 g/mol. The molecule has 0 saturated carbocycles. The summed E-state index contributed by atoms with van der Waals surface area (Å²) in [4.78, 5) is 25.6. The number of rotatable bonds is 5. The summed E-state index contributed by atoms with van der Waals surface area (Å²) in [5.74, 6) is -0.479. The van der Waals surface area contributed by atoms with E-state index >= 15 is 0 Å². The van der Waals surface area contributed by atoms with Gasteiger partial charge in [-0.15, -0.1) is 0 Å².